The molecule has 0 amide bonds. The van der Waals surface area contributed by atoms with Gasteiger partial charge in [-0.2, -0.15) is 8.61 Å². The second-order valence-corrected chi connectivity index (χ2v) is 10.7. The van der Waals surface area contributed by atoms with Gasteiger partial charge in [0.15, 0.2) is 0 Å². The second kappa shape index (κ2) is 6.74. The molecule has 0 N–H and O–H groups in total. The Hall–Kier alpha value is -0.960. The maximum absolute atomic E-state index is 13.1. The van der Waals surface area contributed by atoms with Gasteiger partial charge in [-0.3, -0.25) is 0 Å². The van der Waals surface area contributed by atoms with Crippen LogP contribution in [0.1, 0.15) is 26.3 Å². The van der Waals surface area contributed by atoms with Crippen LogP contribution in [0.15, 0.2) is 29.2 Å². The fraction of sp³-hybridized carbons (Fsp3) is 0.625. The fourth-order valence-electron chi connectivity index (χ4n) is 3.07. The molecule has 0 aliphatic carbocycles. The average molecular weight is 375 g/mol. The van der Waals surface area contributed by atoms with Crippen molar-refractivity contribution in [2.75, 3.05) is 19.3 Å². The molecule has 0 saturated carbocycles. The number of aryl methyl sites for hydroxylation is 1. The predicted molar refractivity (Wildman–Crippen MR) is 94.7 cm³/mol. The lowest BCUT2D eigenvalue weighted by atomic mass is 10.0. The van der Waals surface area contributed by atoms with Gasteiger partial charge in [0.05, 0.1) is 11.2 Å². The van der Waals surface area contributed by atoms with Crippen LogP contribution in [0, 0.1) is 12.8 Å². The van der Waals surface area contributed by atoms with Crippen LogP contribution in [0.25, 0.3) is 0 Å². The standard InChI is InChI=1S/C16H26N2O4S2/c1-12(2)16-11-17(23(5,19)20)14(4)10-18(16)24(21,22)15-8-6-13(3)7-9-15/h6-9,12,14,16H,10-11H2,1-5H3/t14-,16+/m0/s1. The largest absolute Gasteiger partial charge is 0.243 e. The number of hydrogen-bond donors (Lipinski definition) is 0. The molecule has 6 nitrogen and oxygen atoms in total. The summed E-state index contributed by atoms with van der Waals surface area (Å²) in [5, 5.41) is 0. The molecule has 0 radical (unpaired) electrons. The second-order valence-electron chi connectivity index (χ2n) is 6.88. The number of benzene rings is 1. The van der Waals surface area contributed by atoms with Gasteiger partial charge in [-0.25, -0.2) is 16.8 Å². The van der Waals surface area contributed by atoms with E-state index < -0.39 is 26.1 Å². The third-order valence-electron chi connectivity index (χ3n) is 4.50. The van der Waals surface area contributed by atoms with Crippen LogP contribution in [0.2, 0.25) is 0 Å². The Morgan fingerprint density at radius 3 is 2.00 bits per heavy atom. The SMILES string of the molecule is Cc1ccc(S(=O)(=O)N2C[C@H](C)N(S(C)(=O)=O)C[C@@H]2C(C)C)cc1. The van der Waals surface area contributed by atoms with Gasteiger partial charge in [-0.15, -0.1) is 0 Å². The van der Waals surface area contributed by atoms with Crippen molar-refractivity contribution in [1.82, 2.24) is 8.61 Å². The van der Waals surface area contributed by atoms with Crippen LogP contribution in [0.4, 0.5) is 0 Å². The Balaban J connectivity index is 2.42. The summed E-state index contributed by atoms with van der Waals surface area (Å²) < 4.78 is 53.0. The average Bonchev–Trinajstić information content (AvgIpc) is 2.45. The van der Waals surface area contributed by atoms with Gasteiger partial charge in [0.25, 0.3) is 0 Å². The molecule has 1 aliphatic heterocycles. The molecule has 0 spiro atoms. The van der Waals surface area contributed by atoms with Crippen LogP contribution in [-0.2, 0) is 20.0 Å². The Labute approximate surface area is 145 Å². The molecular weight excluding hydrogens is 348 g/mol. The minimum Gasteiger partial charge on any atom is -0.212 e. The van der Waals surface area contributed by atoms with Crippen molar-refractivity contribution in [2.45, 2.75) is 44.7 Å². The van der Waals surface area contributed by atoms with Gasteiger partial charge in [0.1, 0.15) is 0 Å². The summed E-state index contributed by atoms with van der Waals surface area (Å²) in [6.07, 6.45) is 1.17. The van der Waals surface area contributed by atoms with E-state index in [0.29, 0.717) is 0 Å². The van der Waals surface area contributed by atoms with Crippen molar-refractivity contribution in [1.29, 1.82) is 0 Å². The summed E-state index contributed by atoms with van der Waals surface area (Å²) in [4.78, 5) is 0.249. The first kappa shape index (κ1) is 19.4. The highest BCUT2D eigenvalue weighted by molar-refractivity contribution is 7.89. The maximum atomic E-state index is 13.1. The Kier molecular flexibility index (Phi) is 5.44. The first-order valence-corrected chi connectivity index (χ1v) is 11.3. The van der Waals surface area contributed by atoms with Crippen LogP contribution in [-0.4, -0.2) is 56.9 Å². The van der Waals surface area contributed by atoms with E-state index in [9.17, 15) is 16.8 Å². The molecule has 2 atom stereocenters. The minimum atomic E-state index is -3.66. The summed E-state index contributed by atoms with van der Waals surface area (Å²) in [6, 6.07) is 5.98. The maximum Gasteiger partial charge on any atom is 0.243 e. The molecule has 136 valence electrons. The lowest BCUT2D eigenvalue weighted by molar-refractivity contribution is 0.125. The molecule has 1 heterocycles. The fourth-order valence-corrected chi connectivity index (χ4v) is 6.04. The lowest BCUT2D eigenvalue weighted by Gasteiger charge is -2.44. The number of rotatable bonds is 4. The van der Waals surface area contributed by atoms with E-state index in [1.165, 1.54) is 14.9 Å². The van der Waals surface area contributed by atoms with Gasteiger partial charge in [0.2, 0.25) is 20.0 Å². The molecule has 1 saturated heterocycles. The molecule has 0 aromatic heterocycles. The van der Waals surface area contributed by atoms with Crippen LogP contribution in [0.5, 0.6) is 0 Å². The van der Waals surface area contributed by atoms with Gasteiger partial charge in [-0.1, -0.05) is 31.5 Å². The van der Waals surface area contributed by atoms with E-state index in [1.807, 2.05) is 20.8 Å². The molecule has 1 aromatic rings. The molecule has 1 aliphatic rings. The molecule has 8 heteroatoms. The monoisotopic (exact) mass is 374 g/mol. The Morgan fingerprint density at radius 1 is 1.00 bits per heavy atom. The van der Waals surface area contributed by atoms with Gasteiger partial charge in [-0.05, 0) is 31.9 Å². The van der Waals surface area contributed by atoms with Crippen molar-refractivity contribution < 1.29 is 16.8 Å². The molecule has 2 rings (SSSR count). The normalized spacial score (nSPS) is 24.4. The predicted octanol–water partition coefficient (Wildman–Crippen LogP) is 1.67. The van der Waals surface area contributed by atoms with E-state index in [0.717, 1.165) is 5.56 Å². The van der Waals surface area contributed by atoms with Gasteiger partial charge < -0.3 is 0 Å². The first-order valence-electron chi connectivity index (χ1n) is 8.00. The van der Waals surface area contributed by atoms with Gasteiger partial charge >= 0.3 is 0 Å². The summed E-state index contributed by atoms with van der Waals surface area (Å²) in [5.41, 5.74) is 0.990. The molecule has 0 unspecified atom stereocenters. The Morgan fingerprint density at radius 2 is 1.54 bits per heavy atom. The summed E-state index contributed by atoms with van der Waals surface area (Å²) in [6.45, 7) is 7.82. The van der Waals surface area contributed by atoms with Crippen LogP contribution < -0.4 is 0 Å². The first-order chi connectivity index (χ1) is 10.9. The zero-order chi connectivity index (χ0) is 18.3. The lowest BCUT2D eigenvalue weighted by Crippen LogP contribution is -2.61. The highest BCUT2D eigenvalue weighted by atomic mass is 32.2. The highest BCUT2D eigenvalue weighted by Crippen LogP contribution is 2.29. The quantitative estimate of drug-likeness (QED) is 0.803. The third-order valence-corrected chi connectivity index (χ3v) is 7.76. The smallest absolute Gasteiger partial charge is 0.212 e. The molecular formula is C16H26N2O4S2. The molecule has 0 bridgehead atoms. The number of sulfonamides is 2. The van der Waals surface area contributed by atoms with Crippen molar-refractivity contribution in [3.63, 3.8) is 0 Å². The number of hydrogen-bond acceptors (Lipinski definition) is 4. The zero-order valence-electron chi connectivity index (χ0n) is 14.8. The summed E-state index contributed by atoms with van der Waals surface area (Å²) in [7, 11) is -7.03. The molecule has 1 fully saturated rings. The summed E-state index contributed by atoms with van der Waals surface area (Å²) in [5.74, 6) is 0.00183. The third kappa shape index (κ3) is 3.82. The summed E-state index contributed by atoms with van der Waals surface area (Å²) >= 11 is 0. The van der Waals surface area contributed by atoms with E-state index in [-0.39, 0.29) is 29.9 Å². The topological polar surface area (TPSA) is 74.8 Å². The van der Waals surface area contributed by atoms with E-state index in [1.54, 1.807) is 31.2 Å². The van der Waals surface area contributed by atoms with Crippen LogP contribution >= 0.6 is 0 Å². The van der Waals surface area contributed by atoms with Crippen molar-refractivity contribution >= 4 is 20.0 Å². The van der Waals surface area contributed by atoms with Crippen molar-refractivity contribution in [2.24, 2.45) is 5.92 Å². The number of piperazine rings is 1. The van der Waals surface area contributed by atoms with Gasteiger partial charge in [0, 0.05) is 25.2 Å². The van der Waals surface area contributed by atoms with Crippen LogP contribution in [0.3, 0.4) is 0 Å². The van der Waals surface area contributed by atoms with E-state index in [4.69, 9.17) is 0 Å². The molecule has 1 aromatic carbocycles. The Bertz CT molecular complexity index is 786. The van der Waals surface area contributed by atoms with E-state index >= 15 is 0 Å². The molecule has 24 heavy (non-hydrogen) atoms. The highest BCUT2D eigenvalue weighted by Gasteiger charge is 2.42. The van der Waals surface area contributed by atoms with Crippen molar-refractivity contribution in [3.05, 3.63) is 29.8 Å². The van der Waals surface area contributed by atoms with E-state index in [2.05, 4.69) is 0 Å². The zero-order valence-corrected chi connectivity index (χ0v) is 16.4. The van der Waals surface area contributed by atoms with Crippen molar-refractivity contribution in [3.8, 4) is 0 Å². The number of nitrogens with zero attached hydrogens (tertiary/aromatic N) is 2. The minimum absolute atomic E-state index is 0.00183.